The van der Waals surface area contributed by atoms with Gasteiger partial charge in [0.1, 0.15) is 5.82 Å². The van der Waals surface area contributed by atoms with Crippen LogP contribution in [0.15, 0.2) is 17.2 Å². The summed E-state index contributed by atoms with van der Waals surface area (Å²) in [6, 6.07) is 1.98. The fourth-order valence-corrected chi connectivity index (χ4v) is 2.68. The third-order valence-electron chi connectivity index (χ3n) is 3.60. The Morgan fingerprint density at radius 1 is 1.56 bits per heavy atom. The molecular formula is C12H19N3O. The van der Waals surface area contributed by atoms with Crippen LogP contribution in [0.2, 0.25) is 0 Å². The first-order valence-electron chi connectivity index (χ1n) is 6.00. The second-order valence-electron chi connectivity index (χ2n) is 4.75. The van der Waals surface area contributed by atoms with Crippen LogP contribution in [-0.4, -0.2) is 16.0 Å². The summed E-state index contributed by atoms with van der Waals surface area (Å²) in [4.78, 5) is 17.7. The summed E-state index contributed by atoms with van der Waals surface area (Å²) in [6.07, 6.45) is 5.04. The number of anilines is 1. The van der Waals surface area contributed by atoms with E-state index in [-0.39, 0.29) is 5.56 Å². The lowest BCUT2D eigenvalue weighted by molar-refractivity contribution is 0.407. The highest BCUT2D eigenvalue weighted by Crippen LogP contribution is 2.34. The van der Waals surface area contributed by atoms with Crippen LogP contribution < -0.4 is 10.9 Å². The summed E-state index contributed by atoms with van der Waals surface area (Å²) in [6.45, 7) is 4.55. The van der Waals surface area contributed by atoms with Crippen LogP contribution >= 0.6 is 0 Å². The van der Waals surface area contributed by atoms with Gasteiger partial charge in [-0.15, -0.1) is 0 Å². The van der Waals surface area contributed by atoms with Gasteiger partial charge in [0.2, 0.25) is 0 Å². The Bertz CT molecular complexity index is 401. The molecule has 1 aliphatic carbocycles. The molecule has 3 atom stereocenters. The first-order chi connectivity index (χ1) is 7.69. The molecule has 0 aromatic carbocycles. The van der Waals surface area contributed by atoms with Gasteiger partial charge < -0.3 is 10.3 Å². The van der Waals surface area contributed by atoms with Gasteiger partial charge in [0.25, 0.3) is 5.56 Å². The van der Waals surface area contributed by atoms with Crippen LogP contribution in [0.4, 0.5) is 5.82 Å². The minimum Gasteiger partial charge on any atom is -0.367 e. The van der Waals surface area contributed by atoms with Crippen molar-refractivity contribution in [3.05, 3.63) is 22.7 Å². The Labute approximate surface area is 95.5 Å². The Kier molecular flexibility index (Phi) is 3.27. The summed E-state index contributed by atoms with van der Waals surface area (Å²) in [5.74, 6) is 2.27. The zero-order chi connectivity index (χ0) is 11.5. The van der Waals surface area contributed by atoms with Crippen molar-refractivity contribution in [3.8, 4) is 0 Å². The summed E-state index contributed by atoms with van der Waals surface area (Å²) < 4.78 is 0. The summed E-state index contributed by atoms with van der Waals surface area (Å²) in [7, 11) is 0. The molecule has 0 aliphatic heterocycles. The zero-order valence-electron chi connectivity index (χ0n) is 9.86. The third-order valence-corrected chi connectivity index (χ3v) is 3.60. The van der Waals surface area contributed by atoms with Crippen molar-refractivity contribution in [1.82, 2.24) is 9.97 Å². The van der Waals surface area contributed by atoms with Crippen LogP contribution in [0, 0.1) is 11.8 Å². The molecule has 4 heteroatoms. The molecule has 1 heterocycles. The van der Waals surface area contributed by atoms with Gasteiger partial charge >= 0.3 is 0 Å². The quantitative estimate of drug-likeness (QED) is 0.820. The first-order valence-corrected chi connectivity index (χ1v) is 6.00. The maximum absolute atomic E-state index is 11.1. The predicted molar refractivity (Wildman–Crippen MR) is 64.4 cm³/mol. The third kappa shape index (κ3) is 2.43. The van der Waals surface area contributed by atoms with Crippen molar-refractivity contribution in [2.45, 2.75) is 39.2 Å². The van der Waals surface area contributed by atoms with Crippen LogP contribution in [-0.2, 0) is 0 Å². The highest BCUT2D eigenvalue weighted by molar-refractivity contribution is 5.33. The lowest BCUT2D eigenvalue weighted by Crippen LogP contribution is -2.18. The van der Waals surface area contributed by atoms with E-state index in [1.165, 1.54) is 31.7 Å². The molecule has 0 bridgehead atoms. The lowest BCUT2D eigenvalue weighted by Gasteiger charge is -2.12. The van der Waals surface area contributed by atoms with E-state index >= 15 is 0 Å². The topological polar surface area (TPSA) is 57.8 Å². The fraction of sp³-hybridized carbons (Fsp3) is 0.667. The Morgan fingerprint density at radius 3 is 3.00 bits per heavy atom. The maximum Gasteiger partial charge on any atom is 0.252 e. The minimum atomic E-state index is -0.101. The average molecular weight is 221 g/mol. The number of rotatable bonds is 3. The van der Waals surface area contributed by atoms with Crippen molar-refractivity contribution in [3.63, 3.8) is 0 Å². The molecule has 0 amide bonds. The highest BCUT2D eigenvalue weighted by atomic mass is 16.1. The lowest BCUT2D eigenvalue weighted by atomic mass is 9.96. The summed E-state index contributed by atoms with van der Waals surface area (Å²) in [5, 5.41) is 3.35. The molecule has 0 radical (unpaired) electrons. The molecule has 0 unspecified atom stereocenters. The van der Waals surface area contributed by atoms with Crippen LogP contribution in [0.1, 0.15) is 33.1 Å². The van der Waals surface area contributed by atoms with Gasteiger partial charge in [0.05, 0.1) is 6.33 Å². The monoisotopic (exact) mass is 221 g/mol. The van der Waals surface area contributed by atoms with Gasteiger partial charge in [-0.1, -0.05) is 20.3 Å². The van der Waals surface area contributed by atoms with Gasteiger partial charge in [-0.05, 0) is 24.7 Å². The number of hydrogen-bond acceptors (Lipinski definition) is 3. The number of aromatic nitrogens is 2. The second kappa shape index (κ2) is 4.68. The van der Waals surface area contributed by atoms with E-state index in [9.17, 15) is 4.79 Å². The van der Waals surface area contributed by atoms with Gasteiger partial charge in [0.15, 0.2) is 0 Å². The van der Waals surface area contributed by atoms with E-state index in [0.717, 1.165) is 11.8 Å². The summed E-state index contributed by atoms with van der Waals surface area (Å²) in [5.41, 5.74) is -0.101. The summed E-state index contributed by atoms with van der Waals surface area (Å²) >= 11 is 0. The normalized spacial score (nSPS) is 29.2. The largest absolute Gasteiger partial charge is 0.367 e. The molecule has 2 N–H and O–H groups in total. The smallest absolute Gasteiger partial charge is 0.252 e. The molecule has 1 aliphatic rings. The van der Waals surface area contributed by atoms with Crippen molar-refractivity contribution in [2.75, 3.05) is 5.32 Å². The molecule has 1 aromatic heterocycles. The van der Waals surface area contributed by atoms with Crippen LogP contribution in [0.25, 0.3) is 0 Å². The van der Waals surface area contributed by atoms with E-state index in [2.05, 4.69) is 29.1 Å². The second-order valence-corrected chi connectivity index (χ2v) is 4.75. The Hall–Kier alpha value is -1.32. The van der Waals surface area contributed by atoms with Crippen LogP contribution in [0.3, 0.4) is 0 Å². The molecule has 1 aromatic rings. The molecule has 1 fully saturated rings. The number of H-pyrrole nitrogens is 1. The number of nitrogens with zero attached hydrogens (tertiary/aromatic N) is 1. The average Bonchev–Trinajstić information content (AvgIpc) is 2.58. The SMILES string of the molecule is CC[C@H]1C[C@@H](Nc2cc(=O)[nH]cn2)C[C@@H]1C. The molecule has 16 heavy (non-hydrogen) atoms. The number of hydrogen-bond donors (Lipinski definition) is 2. The van der Waals surface area contributed by atoms with E-state index in [0.29, 0.717) is 11.9 Å². The molecule has 0 saturated heterocycles. The zero-order valence-corrected chi connectivity index (χ0v) is 9.86. The molecular weight excluding hydrogens is 202 g/mol. The maximum atomic E-state index is 11.1. The standard InChI is InChI=1S/C12H19N3O/c1-3-9-5-10(4-8(9)2)15-11-6-12(16)14-7-13-11/h6-10H,3-5H2,1-2H3,(H2,13,14,15,16)/t8-,9-,10-/m0/s1. The van der Waals surface area contributed by atoms with Crippen molar-refractivity contribution in [1.29, 1.82) is 0 Å². The van der Waals surface area contributed by atoms with Gasteiger partial charge in [-0.3, -0.25) is 4.79 Å². The van der Waals surface area contributed by atoms with E-state index in [4.69, 9.17) is 0 Å². The van der Waals surface area contributed by atoms with Crippen molar-refractivity contribution in [2.24, 2.45) is 11.8 Å². The number of nitrogens with one attached hydrogen (secondary N) is 2. The Balaban J connectivity index is 1.99. The van der Waals surface area contributed by atoms with E-state index in [1.807, 2.05) is 0 Å². The Morgan fingerprint density at radius 2 is 2.38 bits per heavy atom. The molecule has 0 spiro atoms. The highest BCUT2D eigenvalue weighted by Gasteiger charge is 2.29. The van der Waals surface area contributed by atoms with Crippen molar-refractivity contribution >= 4 is 5.82 Å². The number of aromatic amines is 1. The first kappa shape index (κ1) is 11.2. The van der Waals surface area contributed by atoms with Gasteiger partial charge in [-0.2, -0.15) is 0 Å². The molecule has 2 rings (SSSR count). The molecule has 4 nitrogen and oxygen atoms in total. The molecule has 88 valence electrons. The van der Waals surface area contributed by atoms with Gasteiger partial charge in [0, 0.05) is 12.1 Å². The fourth-order valence-electron chi connectivity index (χ4n) is 2.68. The van der Waals surface area contributed by atoms with E-state index < -0.39 is 0 Å². The van der Waals surface area contributed by atoms with Crippen LogP contribution in [0.5, 0.6) is 0 Å². The van der Waals surface area contributed by atoms with E-state index in [1.54, 1.807) is 0 Å². The molecule has 1 saturated carbocycles. The predicted octanol–water partition coefficient (Wildman–Crippen LogP) is 2.01. The minimum absolute atomic E-state index is 0.101. The van der Waals surface area contributed by atoms with Gasteiger partial charge in [-0.25, -0.2) is 4.98 Å². The van der Waals surface area contributed by atoms with Crippen molar-refractivity contribution < 1.29 is 0 Å².